The van der Waals surface area contributed by atoms with Crippen molar-refractivity contribution < 1.29 is 9.53 Å². The van der Waals surface area contributed by atoms with Gasteiger partial charge in [0.15, 0.2) is 0 Å². The van der Waals surface area contributed by atoms with Crippen LogP contribution < -0.4 is 5.32 Å². The molecule has 1 spiro atoms. The third-order valence-corrected chi connectivity index (χ3v) is 8.33. The minimum Gasteiger partial charge on any atom is -0.381 e. The number of carbonyl (C=O) groups excluding carboxylic acids is 1. The normalized spacial score (nSPS) is 24.0. The van der Waals surface area contributed by atoms with Crippen LogP contribution in [0.15, 0.2) is 36.8 Å². The molecule has 2 atom stereocenters. The number of nitrogens with one attached hydrogen (secondary N) is 1. The zero-order valence-electron chi connectivity index (χ0n) is 21.6. The van der Waals surface area contributed by atoms with E-state index in [1.807, 2.05) is 25.3 Å². The van der Waals surface area contributed by atoms with Crippen molar-refractivity contribution in [2.24, 2.45) is 11.3 Å². The molecule has 7 nitrogen and oxygen atoms in total. The molecule has 3 aliphatic rings. The molecule has 190 valence electrons. The molecule has 1 N–H and O–H groups in total. The molecule has 0 bridgehead atoms. The summed E-state index contributed by atoms with van der Waals surface area (Å²) in [4.78, 5) is 29.1. The number of piperidine rings is 1. The van der Waals surface area contributed by atoms with Gasteiger partial charge in [-0.25, -0.2) is 9.97 Å². The number of hydrogen-bond acceptors (Lipinski definition) is 6. The third kappa shape index (κ3) is 4.96. The summed E-state index contributed by atoms with van der Waals surface area (Å²) < 4.78 is 5.47. The molecule has 2 aliphatic heterocycles. The van der Waals surface area contributed by atoms with Crippen molar-refractivity contribution in [1.82, 2.24) is 19.9 Å². The number of aromatic nitrogens is 3. The molecule has 0 radical (unpaired) electrons. The summed E-state index contributed by atoms with van der Waals surface area (Å²) in [6, 6.07) is 6.05. The van der Waals surface area contributed by atoms with Gasteiger partial charge in [0.2, 0.25) is 5.91 Å². The van der Waals surface area contributed by atoms with Crippen LogP contribution in [0.4, 0.5) is 5.82 Å². The van der Waals surface area contributed by atoms with Gasteiger partial charge in [0, 0.05) is 60.7 Å². The average molecular weight is 496 g/mol. The van der Waals surface area contributed by atoms with Crippen LogP contribution in [-0.4, -0.2) is 59.1 Å². The van der Waals surface area contributed by atoms with E-state index in [0.29, 0.717) is 11.7 Å². The maximum absolute atomic E-state index is 13.1. The molecule has 1 aliphatic carbocycles. The second-order valence-corrected chi connectivity index (χ2v) is 10.9. The van der Waals surface area contributed by atoms with Gasteiger partial charge in [0.05, 0.1) is 5.56 Å². The number of nitrogens with zero attached hydrogens (tertiary/aromatic N) is 4. The highest BCUT2D eigenvalue weighted by Gasteiger charge is 2.58. The SMILES string of the molecule is Cc1ncc(C#Cc2ccc(C3CCOCC3)cn2)c2cc(NC(=O)[C@H]3C[C@@]34CCCN(C)C4)ncc12. The van der Waals surface area contributed by atoms with E-state index in [1.165, 1.54) is 5.56 Å². The van der Waals surface area contributed by atoms with Crippen LogP contribution >= 0.6 is 0 Å². The van der Waals surface area contributed by atoms with E-state index in [4.69, 9.17) is 4.74 Å². The van der Waals surface area contributed by atoms with Crippen LogP contribution in [-0.2, 0) is 9.53 Å². The zero-order valence-corrected chi connectivity index (χ0v) is 21.6. The number of rotatable bonds is 3. The lowest BCUT2D eigenvalue weighted by Crippen LogP contribution is -2.35. The smallest absolute Gasteiger partial charge is 0.229 e. The van der Waals surface area contributed by atoms with Gasteiger partial charge in [-0.15, -0.1) is 0 Å². The van der Waals surface area contributed by atoms with Crippen molar-refractivity contribution in [3.8, 4) is 11.8 Å². The maximum atomic E-state index is 13.1. The largest absolute Gasteiger partial charge is 0.381 e. The number of anilines is 1. The van der Waals surface area contributed by atoms with E-state index in [0.717, 1.165) is 86.1 Å². The Labute approximate surface area is 218 Å². The van der Waals surface area contributed by atoms with E-state index in [9.17, 15) is 4.79 Å². The summed E-state index contributed by atoms with van der Waals surface area (Å²) in [7, 11) is 2.15. The first-order valence-electron chi connectivity index (χ1n) is 13.3. The number of fused-ring (bicyclic) bond motifs is 1. The monoisotopic (exact) mass is 495 g/mol. The van der Waals surface area contributed by atoms with Gasteiger partial charge in [0.1, 0.15) is 11.5 Å². The molecule has 3 aromatic rings. The van der Waals surface area contributed by atoms with Crippen molar-refractivity contribution in [3.63, 3.8) is 0 Å². The molecule has 6 rings (SSSR count). The predicted octanol–water partition coefficient (Wildman–Crippen LogP) is 4.30. The Morgan fingerprint density at radius 3 is 2.76 bits per heavy atom. The van der Waals surface area contributed by atoms with Gasteiger partial charge in [-0.3, -0.25) is 9.78 Å². The summed E-state index contributed by atoms with van der Waals surface area (Å²) in [5.74, 6) is 7.68. The molecular weight excluding hydrogens is 462 g/mol. The van der Waals surface area contributed by atoms with Crippen molar-refractivity contribution >= 4 is 22.5 Å². The van der Waals surface area contributed by atoms with Crippen LogP contribution in [0.2, 0.25) is 0 Å². The van der Waals surface area contributed by atoms with Gasteiger partial charge >= 0.3 is 0 Å². The summed E-state index contributed by atoms with van der Waals surface area (Å²) in [5, 5.41) is 4.95. The number of carbonyl (C=O) groups is 1. The van der Waals surface area contributed by atoms with Crippen LogP contribution in [0.5, 0.6) is 0 Å². The van der Waals surface area contributed by atoms with Gasteiger partial charge in [-0.05, 0) is 87.6 Å². The molecule has 3 aromatic heterocycles. The fourth-order valence-corrected chi connectivity index (χ4v) is 6.10. The summed E-state index contributed by atoms with van der Waals surface area (Å²) in [6.45, 7) is 5.72. The predicted molar refractivity (Wildman–Crippen MR) is 143 cm³/mol. The Hall–Kier alpha value is -3.34. The molecule has 1 saturated carbocycles. The topological polar surface area (TPSA) is 80.2 Å². The lowest BCUT2D eigenvalue weighted by atomic mass is 9.92. The van der Waals surface area contributed by atoms with Gasteiger partial charge < -0.3 is 15.0 Å². The first-order valence-corrected chi connectivity index (χ1v) is 13.3. The van der Waals surface area contributed by atoms with E-state index in [-0.39, 0.29) is 17.2 Å². The van der Waals surface area contributed by atoms with Crippen LogP contribution in [0.3, 0.4) is 0 Å². The van der Waals surface area contributed by atoms with E-state index >= 15 is 0 Å². The van der Waals surface area contributed by atoms with Crippen LogP contribution in [0.1, 0.15) is 60.5 Å². The number of hydrogen-bond donors (Lipinski definition) is 1. The molecule has 5 heterocycles. The second-order valence-electron chi connectivity index (χ2n) is 10.9. The molecular formula is C30H33N5O2. The first-order chi connectivity index (χ1) is 18.0. The van der Waals surface area contributed by atoms with Gasteiger partial charge in [-0.2, -0.15) is 0 Å². The molecule has 0 unspecified atom stereocenters. The zero-order chi connectivity index (χ0) is 25.4. The Kier molecular flexibility index (Phi) is 6.39. The number of amides is 1. The van der Waals surface area contributed by atoms with E-state index < -0.39 is 0 Å². The van der Waals surface area contributed by atoms with Crippen molar-refractivity contribution in [1.29, 1.82) is 0 Å². The Morgan fingerprint density at radius 1 is 1.11 bits per heavy atom. The number of ether oxygens (including phenoxy) is 1. The summed E-state index contributed by atoms with van der Waals surface area (Å²) in [5.41, 5.74) is 3.81. The fourth-order valence-electron chi connectivity index (χ4n) is 6.10. The molecule has 2 saturated heterocycles. The first kappa shape index (κ1) is 24.0. The van der Waals surface area contributed by atoms with Crippen molar-refractivity contribution in [3.05, 3.63) is 59.3 Å². The van der Waals surface area contributed by atoms with Crippen LogP contribution in [0, 0.1) is 30.1 Å². The lowest BCUT2D eigenvalue weighted by molar-refractivity contribution is -0.118. The Morgan fingerprint density at radius 2 is 1.97 bits per heavy atom. The van der Waals surface area contributed by atoms with Gasteiger partial charge in [-0.1, -0.05) is 12.0 Å². The van der Waals surface area contributed by atoms with Crippen LogP contribution in [0.25, 0.3) is 10.8 Å². The highest BCUT2D eigenvalue weighted by atomic mass is 16.5. The molecule has 1 amide bonds. The summed E-state index contributed by atoms with van der Waals surface area (Å²) in [6.07, 6.45) is 10.9. The quantitative estimate of drug-likeness (QED) is 0.546. The molecule has 37 heavy (non-hydrogen) atoms. The number of likely N-dealkylation sites (tertiary alicyclic amines) is 1. The number of aryl methyl sites for hydroxylation is 1. The molecule has 3 fully saturated rings. The summed E-state index contributed by atoms with van der Waals surface area (Å²) >= 11 is 0. The van der Waals surface area contributed by atoms with E-state index in [2.05, 4.69) is 50.1 Å². The van der Waals surface area contributed by atoms with Crippen molar-refractivity contribution in [2.45, 2.75) is 44.9 Å². The Bertz CT molecular complexity index is 1390. The Balaban J connectivity index is 1.21. The lowest BCUT2D eigenvalue weighted by Gasteiger charge is -2.30. The molecule has 7 heteroatoms. The fraction of sp³-hybridized carbons (Fsp3) is 0.467. The molecule has 0 aromatic carbocycles. The van der Waals surface area contributed by atoms with E-state index in [1.54, 1.807) is 12.4 Å². The minimum atomic E-state index is 0.0707. The highest BCUT2D eigenvalue weighted by Crippen LogP contribution is 2.58. The maximum Gasteiger partial charge on any atom is 0.229 e. The number of pyridine rings is 3. The highest BCUT2D eigenvalue weighted by molar-refractivity contribution is 5.97. The van der Waals surface area contributed by atoms with Gasteiger partial charge in [0.25, 0.3) is 0 Å². The third-order valence-electron chi connectivity index (χ3n) is 8.33. The standard InChI is InChI=1S/C30H33N5O2/c1-20-26-18-33-28(34-29(36)27-15-30(27)10-3-11-35(2)19-30)14-25(26)23(17-31-20)5-7-24-6-4-22(16-32-24)21-8-12-37-13-9-21/h4,6,14,16-18,21,27H,3,8-13,15,19H2,1-2H3,(H,33,34,36)/t27-,30-/m1/s1. The second kappa shape index (κ2) is 9.85. The van der Waals surface area contributed by atoms with Crippen molar-refractivity contribution in [2.75, 3.05) is 38.7 Å². The average Bonchev–Trinajstić information content (AvgIpc) is 3.61. The minimum absolute atomic E-state index is 0.0707.